The summed E-state index contributed by atoms with van der Waals surface area (Å²) in [6, 6.07) is 0.349. The number of aliphatic hydroxyl groups is 3. The number of hydrogen-bond donors (Lipinski definition) is 6. The summed E-state index contributed by atoms with van der Waals surface area (Å²) >= 11 is 0. The SMILES string of the molecule is CN(C)c1cc(NC(=O)OCC(C)(C)C)c(O)c2c1CC1CC3[C@H](N(C)C)C(=O)C(C(N)=O)=C(O)[C@@]3(O)C(=O)C1=C2O. The Kier molecular flexibility index (Phi) is 7.58. The fourth-order valence-electron chi connectivity index (χ4n) is 6.21. The minimum Gasteiger partial charge on any atom is -0.508 e. The van der Waals surface area contributed by atoms with Crippen LogP contribution in [-0.4, -0.2) is 95.3 Å². The van der Waals surface area contributed by atoms with Crippen molar-refractivity contribution in [2.24, 2.45) is 23.0 Å². The minimum absolute atomic E-state index is 0.0292. The molecule has 0 heterocycles. The number of aliphatic hydroxyl groups excluding tert-OH is 2. The first-order chi connectivity index (χ1) is 19.3. The van der Waals surface area contributed by atoms with Gasteiger partial charge in [-0.2, -0.15) is 0 Å². The summed E-state index contributed by atoms with van der Waals surface area (Å²) in [6.07, 6.45) is -0.754. The van der Waals surface area contributed by atoms with Crippen LogP contribution in [0.3, 0.4) is 0 Å². The van der Waals surface area contributed by atoms with Crippen LogP contribution in [0.15, 0.2) is 23.0 Å². The number of benzene rings is 1. The maximum atomic E-state index is 14.0. The number of ketones is 2. The topological polar surface area (TPSA) is 203 Å². The van der Waals surface area contributed by atoms with E-state index in [1.807, 2.05) is 20.8 Å². The number of ether oxygens (including phenoxy) is 1. The van der Waals surface area contributed by atoms with E-state index in [2.05, 4.69) is 5.32 Å². The molecular weight excluding hydrogens is 548 g/mol. The molecule has 228 valence electrons. The second-order valence-corrected chi connectivity index (χ2v) is 12.8. The normalized spacial score (nSPS) is 25.6. The third-order valence-corrected chi connectivity index (χ3v) is 8.05. The Morgan fingerprint density at radius 3 is 2.29 bits per heavy atom. The molecule has 3 aliphatic rings. The molecule has 0 bridgehead atoms. The number of Topliss-reactive ketones (excluding diaryl/α,β-unsaturated/α-hetero) is 2. The maximum Gasteiger partial charge on any atom is 0.411 e. The zero-order valence-corrected chi connectivity index (χ0v) is 24.7. The van der Waals surface area contributed by atoms with Gasteiger partial charge in [0.1, 0.15) is 17.1 Å². The first kappa shape index (κ1) is 30.8. The van der Waals surface area contributed by atoms with Crippen molar-refractivity contribution in [2.45, 2.75) is 45.3 Å². The van der Waals surface area contributed by atoms with Crippen molar-refractivity contribution in [1.82, 2.24) is 4.90 Å². The van der Waals surface area contributed by atoms with E-state index in [0.29, 0.717) is 11.3 Å². The smallest absolute Gasteiger partial charge is 0.411 e. The number of anilines is 2. The molecule has 1 saturated carbocycles. The van der Waals surface area contributed by atoms with Crippen LogP contribution < -0.4 is 16.0 Å². The average Bonchev–Trinajstić information content (AvgIpc) is 2.85. The van der Waals surface area contributed by atoms with Gasteiger partial charge in [-0.05, 0) is 49.9 Å². The molecule has 0 saturated heterocycles. The molecule has 3 aliphatic carbocycles. The van der Waals surface area contributed by atoms with Crippen molar-refractivity contribution in [3.63, 3.8) is 0 Å². The number of hydrogen-bond acceptors (Lipinski definition) is 11. The second-order valence-electron chi connectivity index (χ2n) is 12.8. The lowest BCUT2D eigenvalue weighted by molar-refractivity contribution is -0.153. The molecule has 42 heavy (non-hydrogen) atoms. The van der Waals surface area contributed by atoms with Gasteiger partial charge in [0, 0.05) is 31.3 Å². The molecule has 13 heteroatoms. The van der Waals surface area contributed by atoms with Crippen molar-refractivity contribution in [3.8, 4) is 5.75 Å². The Bertz CT molecular complexity index is 1450. The molecule has 0 aliphatic heterocycles. The highest BCUT2D eigenvalue weighted by Crippen LogP contribution is 2.54. The predicted octanol–water partition coefficient (Wildman–Crippen LogP) is 1.62. The van der Waals surface area contributed by atoms with Gasteiger partial charge in [-0.3, -0.25) is 24.6 Å². The Morgan fingerprint density at radius 1 is 1.14 bits per heavy atom. The second kappa shape index (κ2) is 10.3. The van der Waals surface area contributed by atoms with Crippen LogP contribution in [0.4, 0.5) is 16.2 Å². The van der Waals surface area contributed by atoms with Crippen LogP contribution in [0.1, 0.15) is 38.3 Å². The number of carbonyl (C=O) groups excluding carboxylic acids is 4. The zero-order valence-electron chi connectivity index (χ0n) is 24.7. The molecule has 4 rings (SSSR count). The van der Waals surface area contributed by atoms with E-state index >= 15 is 0 Å². The summed E-state index contributed by atoms with van der Waals surface area (Å²) in [7, 11) is 6.53. The Hall–Kier alpha value is -4.10. The highest BCUT2D eigenvalue weighted by atomic mass is 16.5. The van der Waals surface area contributed by atoms with Crippen molar-refractivity contribution in [1.29, 1.82) is 0 Å². The Balaban J connectivity index is 1.89. The van der Waals surface area contributed by atoms with Crippen LogP contribution in [0.2, 0.25) is 0 Å². The molecule has 7 N–H and O–H groups in total. The van der Waals surface area contributed by atoms with Crippen molar-refractivity contribution in [2.75, 3.05) is 45.0 Å². The van der Waals surface area contributed by atoms with Gasteiger partial charge in [-0.25, -0.2) is 4.79 Å². The van der Waals surface area contributed by atoms with Gasteiger partial charge in [0.2, 0.25) is 5.78 Å². The van der Waals surface area contributed by atoms with Gasteiger partial charge in [-0.15, -0.1) is 0 Å². The van der Waals surface area contributed by atoms with E-state index in [1.165, 1.54) is 25.1 Å². The van der Waals surface area contributed by atoms with Crippen LogP contribution in [0, 0.1) is 17.3 Å². The number of rotatable bonds is 5. The van der Waals surface area contributed by atoms with Gasteiger partial charge in [0.05, 0.1) is 23.9 Å². The zero-order chi connectivity index (χ0) is 31.6. The van der Waals surface area contributed by atoms with Crippen LogP contribution in [0.25, 0.3) is 5.76 Å². The number of fused-ring (bicyclic) bond motifs is 3. The van der Waals surface area contributed by atoms with E-state index in [4.69, 9.17) is 10.5 Å². The molecule has 13 nitrogen and oxygen atoms in total. The van der Waals surface area contributed by atoms with E-state index in [0.717, 1.165) is 0 Å². The molecule has 4 atom stereocenters. The van der Waals surface area contributed by atoms with E-state index < -0.39 is 69.9 Å². The fourth-order valence-corrected chi connectivity index (χ4v) is 6.21. The van der Waals surface area contributed by atoms with Crippen LogP contribution in [-0.2, 0) is 25.5 Å². The monoisotopic (exact) mass is 586 g/mol. The minimum atomic E-state index is -2.74. The number of phenolic OH excluding ortho intramolecular Hbond substituents is 1. The molecule has 1 aromatic rings. The molecule has 2 amide bonds. The highest BCUT2D eigenvalue weighted by molar-refractivity contribution is 6.24. The first-order valence-corrected chi connectivity index (χ1v) is 13.5. The van der Waals surface area contributed by atoms with Crippen molar-refractivity contribution in [3.05, 3.63) is 34.1 Å². The molecule has 0 spiro atoms. The summed E-state index contributed by atoms with van der Waals surface area (Å²) in [6.45, 7) is 5.73. The number of amides is 2. The number of nitrogens with two attached hydrogens (primary N) is 1. The molecule has 1 aromatic carbocycles. The largest absolute Gasteiger partial charge is 0.508 e. The first-order valence-electron chi connectivity index (χ1n) is 13.5. The molecule has 1 fully saturated rings. The van der Waals surface area contributed by atoms with Gasteiger partial charge in [0.15, 0.2) is 17.1 Å². The predicted molar refractivity (Wildman–Crippen MR) is 153 cm³/mol. The summed E-state index contributed by atoms with van der Waals surface area (Å²) < 4.78 is 5.25. The highest BCUT2D eigenvalue weighted by Gasteiger charge is 2.64. The number of nitrogens with zero attached hydrogens (tertiary/aromatic N) is 2. The number of phenols is 1. The summed E-state index contributed by atoms with van der Waals surface area (Å²) in [5, 5.41) is 48.0. The summed E-state index contributed by atoms with van der Waals surface area (Å²) in [5.41, 5.74) is 1.92. The van der Waals surface area contributed by atoms with Gasteiger partial charge in [0.25, 0.3) is 5.91 Å². The van der Waals surface area contributed by atoms with Gasteiger partial charge >= 0.3 is 6.09 Å². The average molecular weight is 587 g/mol. The fraction of sp³-hybridized carbons (Fsp3) is 0.517. The molecule has 2 unspecified atom stereocenters. The van der Waals surface area contributed by atoms with Gasteiger partial charge in [-0.1, -0.05) is 20.8 Å². The lowest BCUT2D eigenvalue weighted by Gasteiger charge is -2.50. The third kappa shape index (κ3) is 4.75. The lowest BCUT2D eigenvalue weighted by Crippen LogP contribution is -2.65. The summed E-state index contributed by atoms with van der Waals surface area (Å²) in [4.78, 5) is 55.1. The van der Waals surface area contributed by atoms with Crippen molar-refractivity contribution < 1.29 is 44.3 Å². The quantitative estimate of drug-likeness (QED) is 0.216. The van der Waals surface area contributed by atoms with Gasteiger partial charge < -0.3 is 35.8 Å². The van der Waals surface area contributed by atoms with E-state index in [-0.39, 0.29) is 41.7 Å². The van der Waals surface area contributed by atoms with Crippen molar-refractivity contribution >= 4 is 40.7 Å². The standard InChI is InChI=1S/C29H38N4O9/c1-28(2,3)11-42-27(40)31-15-10-16(32(4)5)13-8-12-9-14-20(33(6)7)23(36)19(26(30)39)25(38)29(14,41)24(37)17(12)22(35)18(13)21(15)34/h10,12,14,20,34-35,38,41H,8-9,11H2,1-7H3,(H2,30,39)(H,31,40)/t12?,14?,20-,29-/m0/s1. The number of nitrogens with one attached hydrogen (secondary N) is 1. The number of carbonyl (C=O) groups is 4. The molecule has 0 radical (unpaired) electrons. The molecule has 0 aromatic heterocycles. The van der Waals surface area contributed by atoms with E-state index in [1.54, 1.807) is 19.0 Å². The number of primary amides is 1. The number of aromatic hydroxyl groups is 1. The Labute approximate surface area is 243 Å². The summed E-state index contributed by atoms with van der Waals surface area (Å²) in [5.74, 6) is -7.48. The third-order valence-electron chi connectivity index (χ3n) is 8.05. The number of likely N-dealkylation sites (N-methyl/N-ethyl adjacent to an activating group) is 1. The molecular formula is C29H38N4O9. The van der Waals surface area contributed by atoms with Crippen LogP contribution in [0.5, 0.6) is 5.75 Å². The van der Waals surface area contributed by atoms with Crippen LogP contribution >= 0.6 is 0 Å². The lowest BCUT2D eigenvalue weighted by atomic mass is 9.57. The Morgan fingerprint density at radius 2 is 1.76 bits per heavy atom. The van der Waals surface area contributed by atoms with E-state index in [9.17, 15) is 39.6 Å². The maximum absolute atomic E-state index is 14.0.